The largest absolute Gasteiger partial charge is 0.462 e. The first-order valence-electron chi connectivity index (χ1n) is 28.8. The molecule has 68 heavy (non-hydrogen) atoms. The molecule has 0 radical (unpaired) electrons. The molecule has 0 saturated carbocycles. The number of esters is 2. The molecule has 0 aliphatic heterocycles. The van der Waals surface area contributed by atoms with E-state index in [4.69, 9.17) is 14.2 Å². The summed E-state index contributed by atoms with van der Waals surface area (Å²) in [5.41, 5.74) is 0. The summed E-state index contributed by atoms with van der Waals surface area (Å²) in [7, 11) is 0. The van der Waals surface area contributed by atoms with Crippen molar-refractivity contribution in [1.82, 2.24) is 0 Å². The van der Waals surface area contributed by atoms with E-state index >= 15 is 0 Å². The Morgan fingerprint density at radius 2 is 0.662 bits per heavy atom. The highest BCUT2D eigenvalue weighted by Crippen LogP contribution is 2.14. The predicted octanol–water partition coefficient (Wildman–Crippen LogP) is 19.8. The van der Waals surface area contributed by atoms with E-state index in [2.05, 4.69) is 118 Å². The second-order valence-electron chi connectivity index (χ2n) is 18.8. The first kappa shape index (κ1) is 64.8. The Kier molecular flexibility index (Phi) is 55.4. The van der Waals surface area contributed by atoms with Crippen LogP contribution >= 0.6 is 0 Å². The van der Waals surface area contributed by atoms with Gasteiger partial charge in [-0.2, -0.15) is 0 Å². The summed E-state index contributed by atoms with van der Waals surface area (Å²) in [5, 5.41) is 0. The van der Waals surface area contributed by atoms with Crippen LogP contribution in [-0.4, -0.2) is 37.9 Å². The van der Waals surface area contributed by atoms with Crippen molar-refractivity contribution in [3.63, 3.8) is 0 Å². The molecule has 0 N–H and O–H groups in total. The van der Waals surface area contributed by atoms with Crippen LogP contribution in [0, 0.1) is 0 Å². The number of carbonyl (C=O) groups is 2. The van der Waals surface area contributed by atoms with Crippen LogP contribution in [0.25, 0.3) is 0 Å². The van der Waals surface area contributed by atoms with Crippen molar-refractivity contribution >= 4 is 11.9 Å². The number of allylic oxidation sites excluding steroid dienone is 16. The summed E-state index contributed by atoms with van der Waals surface area (Å²) in [6.07, 6.45) is 78.5. The molecule has 1 unspecified atom stereocenters. The Bertz CT molecular complexity index is 1300. The summed E-state index contributed by atoms with van der Waals surface area (Å²) in [6, 6.07) is 0. The molecule has 0 aliphatic rings. The lowest BCUT2D eigenvalue weighted by Crippen LogP contribution is -2.30. The molecule has 390 valence electrons. The number of ether oxygens (including phenoxy) is 3. The van der Waals surface area contributed by atoms with Gasteiger partial charge >= 0.3 is 11.9 Å². The van der Waals surface area contributed by atoms with Crippen LogP contribution in [0.3, 0.4) is 0 Å². The van der Waals surface area contributed by atoms with Gasteiger partial charge in [0.1, 0.15) is 6.61 Å². The molecule has 0 heterocycles. The average Bonchev–Trinajstić information content (AvgIpc) is 3.34. The lowest BCUT2D eigenvalue weighted by Gasteiger charge is -2.18. The lowest BCUT2D eigenvalue weighted by molar-refractivity contribution is -0.163. The van der Waals surface area contributed by atoms with Gasteiger partial charge in [0, 0.05) is 19.4 Å². The fraction of sp³-hybridized carbons (Fsp3) is 0.714. The topological polar surface area (TPSA) is 61.8 Å². The van der Waals surface area contributed by atoms with Gasteiger partial charge < -0.3 is 14.2 Å². The summed E-state index contributed by atoms with van der Waals surface area (Å²) < 4.78 is 17.5. The minimum Gasteiger partial charge on any atom is -0.462 e. The summed E-state index contributed by atoms with van der Waals surface area (Å²) in [4.78, 5) is 25.5. The molecule has 1 atom stereocenters. The SMILES string of the molecule is CC/C=C\C/C=C\C/C=C\CCCCCCCCCCOCC(COC(=O)CCCCCCCC/C=C\C/C=C\C/C=C\CCCCC)OC(=O)CCCCCCC/C=C\C/C=C\CCCCC. The molecule has 0 bridgehead atoms. The molecular weight excluding hydrogens is 837 g/mol. The molecule has 0 aliphatic carbocycles. The van der Waals surface area contributed by atoms with Crippen molar-refractivity contribution in [3.8, 4) is 0 Å². The molecule has 5 heteroatoms. The molecule has 0 saturated heterocycles. The fourth-order valence-electron chi connectivity index (χ4n) is 7.80. The van der Waals surface area contributed by atoms with Gasteiger partial charge in [-0.25, -0.2) is 0 Å². The van der Waals surface area contributed by atoms with Crippen molar-refractivity contribution < 1.29 is 23.8 Å². The average molecular weight is 946 g/mol. The monoisotopic (exact) mass is 945 g/mol. The van der Waals surface area contributed by atoms with Crippen molar-refractivity contribution in [2.75, 3.05) is 19.8 Å². The standard InChI is InChI=1S/C63H108O5/c1-4-7-10-13-16-19-22-25-28-30-32-33-36-38-41-44-47-50-53-56-62(64)67-60-61(68-63(65)57-54-51-48-45-42-39-35-27-24-21-18-15-12-9-6-3)59-66-58-55-52-49-46-43-40-37-34-31-29-26-23-20-17-14-11-8-5-2/h8,11,16-21,25-29,32-33,35,61H,4-7,9-10,12-15,22-24,30-31,34,36-60H2,1-3H3/b11-8-,19-16-,20-17-,21-18-,28-25-,29-26-,33-32-,35-27-. The molecule has 0 aromatic carbocycles. The van der Waals surface area contributed by atoms with Crippen LogP contribution in [-0.2, 0) is 23.8 Å². The normalized spacial score (nSPS) is 12.9. The van der Waals surface area contributed by atoms with Crippen LogP contribution in [0.15, 0.2) is 97.2 Å². The van der Waals surface area contributed by atoms with Crippen molar-refractivity contribution in [3.05, 3.63) is 97.2 Å². The zero-order valence-electron chi connectivity index (χ0n) is 44.8. The highest BCUT2D eigenvalue weighted by atomic mass is 16.6. The second kappa shape index (κ2) is 58.1. The fourth-order valence-corrected chi connectivity index (χ4v) is 7.80. The van der Waals surface area contributed by atoms with E-state index in [0.29, 0.717) is 19.4 Å². The van der Waals surface area contributed by atoms with Gasteiger partial charge in [-0.05, 0) is 122 Å². The Hall–Kier alpha value is -3.18. The predicted molar refractivity (Wildman–Crippen MR) is 297 cm³/mol. The van der Waals surface area contributed by atoms with Crippen molar-refractivity contribution in [2.24, 2.45) is 0 Å². The van der Waals surface area contributed by atoms with E-state index in [0.717, 1.165) is 103 Å². The molecule has 0 aromatic heterocycles. The van der Waals surface area contributed by atoms with Crippen LogP contribution in [0.1, 0.15) is 265 Å². The van der Waals surface area contributed by atoms with Gasteiger partial charge in [-0.15, -0.1) is 0 Å². The number of rotatable bonds is 52. The third kappa shape index (κ3) is 55.4. The molecule has 0 rings (SSSR count). The Labute approximate surface area is 422 Å². The van der Waals surface area contributed by atoms with Crippen LogP contribution in [0.4, 0.5) is 0 Å². The van der Waals surface area contributed by atoms with Gasteiger partial charge in [0.05, 0.1) is 6.61 Å². The van der Waals surface area contributed by atoms with E-state index < -0.39 is 6.10 Å². The molecule has 0 spiro atoms. The Balaban J connectivity index is 4.34. The first-order chi connectivity index (χ1) is 33.6. The quantitative estimate of drug-likeness (QED) is 0.0345. The number of unbranched alkanes of at least 4 members (excludes halogenated alkanes) is 25. The lowest BCUT2D eigenvalue weighted by atomic mass is 10.1. The maximum atomic E-state index is 12.9. The van der Waals surface area contributed by atoms with Crippen molar-refractivity contribution in [2.45, 2.75) is 271 Å². The zero-order chi connectivity index (χ0) is 49.2. The molecule has 0 aromatic rings. The molecule has 5 nitrogen and oxygen atoms in total. The Morgan fingerprint density at radius 1 is 0.338 bits per heavy atom. The number of hydrogen-bond donors (Lipinski definition) is 0. The van der Waals surface area contributed by atoms with E-state index in [1.165, 1.54) is 128 Å². The second-order valence-corrected chi connectivity index (χ2v) is 18.8. The molecule has 0 amide bonds. The number of hydrogen-bond acceptors (Lipinski definition) is 5. The van der Waals surface area contributed by atoms with Crippen LogP contribution in [0.5, 0.6) is 0 Å². The minimum atomic E-state index is -0.559. The molecular formula is C63H108O5. The smallest absolute Gasteiger partial charge is 0.306 e. The third-order valence-corrected chi connectivity index (χ3v) is 12.1. The maximum absolute atomic E-state index is 12.9. The maximum Gasteiger partial charge on any atom is 0.306 e. The zero-order valence-corrected chi connectivity index (χ0v) is 44.8. The molecule has 0 fully saturated rings. The van der Waals surface area contributed by atoms with Gasteiger partial charge in [0.25, 0.3) is 0 Å². The summed E-state index contributed by atoms with van der Waals surface area (Å²) in [6.45, 7) is 7.63. The van der Waals surface area contributed by atoms with E-state index in [1.54, 1.807) is 0 Å². The van der Waals surface area contributed by atoms with Crippen molar-refractivity contribution in [1.29, 1.82) is 0 Å². The van der Waals surface area contributed by atoms with Gasteiger partial charge in [0.2, 0.25) is 0 Å². The summed E-state index contributed by atoms with van der Waals surface area (Å²) in [5.74, 6) is -0.430. The van der Waals surface area contributed by atoms with Crippen LogP contribution in [0.2, 0.25) is 0 Å². The third-order valence-electron chi connectivity index (χ3n) is 12.1. The van der Waals surface area contributed by atoms with Gasteiger partial charge in [-0.3, -0.25) is 9.59 Å². The van der Waals surface area contributed by atoms with E-state index in [1.807, 2.05) is 0 Å². The summed E-state index contributed by atoms with van der Waals surface area (Å²) >= 11 is 0. The highest BCUT2D eigenvalue weighted by Gasteiger charge is 2.17. The minimum absolute atomic E-state index is 0.0655. The van der Waals surface area contributed by atoms with Gasteiger partial charge in [0.15, 0.2) is 6.10 Å². The van der Waals surface area contributed by atoms with E-state index in [-0.39, 0.29) is 25.2 Å². The first-order valence-corrected chi connectivity index (χ1v) is 28.8. The number of carbonyl (C=O) groups excluding carboxylic acids is 2. The van der Waals surface area contributed by atoms with Crippen LogP contribution < -0.4 is 0 Å². The van der Waals surface area contributed by atoms with Gasteiger partial charge in [-0.1, -0.05) is 227 Å². The van der Waals surface area contributed by atoms with E-state index in [9.17, 15) is 9.59 Å². The highest BCUT2D eigenvalue weighted by molar-refractivity contribution is 5.70. The Morgan fingerprint density at radius 3 is 1.06 bits per heavy atom.